The minimum atomic E-state index is -2.38. The minimum absolute atomic E-state index is 1.01. The van der Waals surface area contributed by atoms with Gasteiger partial charge in [0.05, 0.1) is 0 Å². The molecular formula is C9H9Cl3P+. The van der Waals surface area contributed by atoms with Crippen LogP contribution in [0.15, 0.2) is 36.1 Å². The molecule has 4 heteroatoms. The molecule has 0 aliphatic carbocycles. The van der Waals surface area contributed by atoms with Gasteiger partial charge in [0, 0.05) is 0 Å². The lowest BCUT2D eigenvalue weighted by Crippen LogP contribution is -1.76. The first-order chi connectivity index (χ1) is 5.99. The van der Waals surface area contributed by atoms with Crippen LogP contribution < -0.4 is 0 Å². The predicted octanol–water partition coefficient (Wildman–Crippen LogP) is 5.53. The normalized spacial score (nSPS) is 13.1. The summed E-state index contributed by atoms with van der Waals surface area (Å²) in [6.07, 6.45) is 0. The lowest BCUT2D eigenvalue weighted by atomic mass is 10.1. The summed E-state index contributed by atoms with van der Waals surface area (Å²) in [6, 6.07) is 9.87. The second-order valence-electron chi connectivity index (χ2n) is 2.66. The topological polar surface area (TPSA) is 0 Å². The highest BCUT2D eigenvalue weighted by Gasteiger charge is 2.29. The van der Waals surface area contributed by atoms with Gasteiger partial charge in [0.2, 0.25) is 0 Å². The summed E-state index contributed by atoms with van der Waals surface area (Å²) >= 11 is 17.2. The molecule has 0 bridgehead atoms. The Morgan fingerprint density at radius 2 is 1.69 bits per heavy atom. The van der Waals surface area contributed by atoms with Crippen LogP contribution >= 0.6 is 39.0 Å². The third-order valence-electron chi connectivity index (χ3n) is 1.57. The molecule has 0 nitrogen and oxygen atoms in total. The van der Waals surface area contributed by atoms with Gasteiger partial charge in [0.1, 0.15) is 39.5 Å². The van der Waals surface area contributed by atoms with Crippen LogP contribution in [0.3, 0.4) is 0 Å². The summed E-state index contributed by atoms with van der Waals surface area (Å²) in [5.74, 6) is 1.72. The second-order valence-corrected chi connectivity index (χ2v) is 10.2. The van der Waals surface area contributed by atoms with Crippen molar-refractivity contribution in [1.29, 1.82) is 0 Å². The Bertz CT molecular complexity index is 300. The first kappa shape index (κ1) is 11.3. The van der Waals surface area contributed by atoms with Crippen molar-refractivity contribution >= 4 is 44.6 Å². The Morgan fingerprint density at radius 1 is 1.15 bits per heavy atom. The second kappa shape index (κ2) is 4.66. The van der Waals surface area contributed by atoms with Crippen LogP contribution in [0.4, 0.5) is 0 Å². The summed E-state index contributed by atoms with van der Waals surface area (Å²) in [6.45, 7) is 1.94. The first-order valence-electron chi connectivity index (χ1n) is 3.71. The van der Waals surface area contributed by atoms with E-state index >= 15 is 0 Å². The fourth-order valence-electron chi connectivity index (χ4n) is 0.995. The molecule has 0 N–H and O–H groups in total. The summed E-state index contributed by atoms with van der Waals surface area (Å²) in [4.78, 5) is 0. The monoisotopic (exact) mass is 253 g/mol. The highest BCUT2D eigenvalue weighted by atomic mass is 36.1. The molecule has 0 radical (unpaired) electrons. The lowest BCUT2D eigenvalue weighted by molar-refractivity contribution is 1.58. The van der Waals surface area contributed by atoms with Gasteiger partial charge >= 0.3 is 5.32 Å². The number of benzene rings is 1. The van der Waals surface area contributed by atoms with Crippen molar-refractivity contribution in [1.82, 2.24) is 0 Å². The Kier molecular flexibility index (Phi) is 4.06. The van der Waals surface area contributed by atoms with Crippen molar-refractivity contribution in [3.63, 3.8) is 0 Å². The molecule has 0 aliphatic heterocycles. The van der Waals surface area contributed by atoms with E-state index < -0.39 is 5.32 Å². The van der Waals surface area contributed by atoms with Gasteiger partial charge in [-0.3, -0.25) is 0 Å². The van der Waals surface area contributed by atoms with E-state index in [-0.39, 0.29) is 0 Å². The maximum atomic E-state index is 5.74. The molecule has 0 amide bonds. The van der Waals surface area contributed by atoms with E-state index in [1.54, 1.807) is 5.82 Å². The van der Waals surface area contributed by atoms with Gasteiger partial charge in [-0.1, -0.05) is 30.3 Å². The molecule has 1 rings (SSSR count). The zero-order valence-electron chi connectivity index (χ0n) is 7.05. The Labute approximate surface area is 93.2 Å². The average Bonchev–Trinajstić information content (AvgIpc) is 2.03. The smallest absolute Gasteiger partial charge is 0.0622 e. The van der Waals surface area contributed by atoms with Crippen molar-refractivity contribution < 1.29 is 0 Å². The van der Waals surface area contributed by atoms with Gasteiger partial charge < -0.3 is 0 Å². The van der Waals surface area contributed by atoms with Crippen LogP contribution in [0.1, 0.15) is 12.5 Å². The van der Waals surface area contributed by atoms with Gasteiger partial charge in [-0.05, 0) is 18.1 Å². The number of hydrogen-bond donors (Lipinski definition) is 0. The summed E-state index contributed by atoms with van der Waals surface area (Å²) in [5.41, 5.74) is 2.10. The molecule has 1 aromatic carbocycles. The Hall–Kier alpha value is 0.260. The zero-order valence-corrected chi connectivity index (χ0v) is 10.2. The van der Waals surface area contributed by atoms with E-state index in [9.17, 15) is 0 Å². The van der Waals surface area contributed by atoms with E-state index in [0.717, 1.165) is 11.1 Å². The van der Waals surface area contributed by atoms with E-state index in [1.807, 2.05) is 37.3 Å². The van der Waals surface area contributed by atoms with E-state index in [1.165, 1.54) is 0 Å². The van der Waals surface area contributed by atoms with E-state index in [0.29, 0.717) is 0 Å². The molecule has 0 saturated carbocycles. The predicted molar refractivity (Wildman–Crippen MR) is 64.6 cm³/mol. The van der Waals surface area contributed by atoms with Crippen molar-refractivity contribution in [2.75, 3.05) is 0 Å². The minimum Gasteiger partial charge on any atom is -0.0622 e. The maximum Gasteiger partial charge on any atom is 0.332 e. The SMILES string of the molecule is C/C(=C\[P+](Cl)(Cl)Cl)c1ccccc1. The lowest BCUT2D eigenvalue weighted by Gasteiger charge is -1.99. The van der Waals surface area contributed by atoms with E-state index in [4.69, 9.17) is 33.7 Å². The molecule has 0 fully saturated rings. The number of halogens is 3. The molecule has 13 heavy (non-hydrogen) atoms. The largest absolute Gasteiger partial charge is 0.332 e. The Balaban J connectivity index is 2.92. The molecule has 0 atom stereocenters. The Morgan fingerprint density at radius 3 is 2.15 bits per heavy atom. The van der Waals surface area contributed by atoms with Crippen LogP contribution in [0.25, 0.3) is 5.57 Å². The van der Waals surface area contributed by atoms with Gasteiger partial charge in [0.15, 0.2) is 0 Å². The average molecular weight is 255 g/mol. The quantitative estimate of drug-likeness (QED) is 0.609. The molecule has 0 spiro atoms. The van der Waals surface area contributed by atoms with Gasteiger partial charge in [0.25, 0.3) is 0 Å². The number of allylic oxidation sites excluding steroid dienone is 1. The molecule has 0 unspecified atom stereocenters. The number of hydrogen-bond acceptors (Lipinski definition) is 0. The first-order valence-corrected chi connectivity index (χ1v) is 8.29. The number of rotatable bonds is 2. The van der Waals surface area contributed by atoms with Gasteiger partial charge in [-0.15, -0.1) is 0 Å². The van der Waals surface area contributed by atoms with Crippen LogP contribution in [0.5, 0.6) is 0 Å². The van der Waals surface area contributed by atoms with Gasteiger partial charge in [-0.25, -0.2) is 0 Å². The van der Waals surface area contributed by atoms with Crippen molar-refractivity contribution in [2.24, 2.45) is 0 Å². The fraction of sp³-hybridized carbons (Fsp3) is 0.111. The van der Waals surface area contributed by atoms with Gasteiger partial charge in [-0.2, -0.15) is 0 Å². The van der Waals surface area contributed by atoms with Crippen LogP contribution in [-0.2, 0) is 0 Å². The fourth-order valence-corrected chi connectivity index (χ4v) is 2.90. The summed E-state index contributed by atoms with van der Waals surface area (Å²) < 4.78 is 0. The van der Waals surface area contributed by atoms with Crippen LogP contribution in [-0.4, -0.2) is 0 Å². The molecule has 0 aliphatic rings. The van der Waals surface area contributed by atoms with Crippen molar-refractivity contribution in [3.05, 3.63) is 41.7 Å². The third-order valence-corrected chi connectivity index (χ3v) is 3.13. The molecule has 1 aromatic rings. The maximum absolute atomic E-state index is 5.74. The molecule has 0 heterocycles. The molecule has 70 valence electrons. The standard InChI is InChI=1S/C9H9Cl3P/c1-8(7-13(10,11)12)9-5-3-2-4-6-9/h2-7H,1H3/q+1/b8-7+. The van der Waals surface area contributed by atoms with Crippen LogP contribution in [0, 0.1) is 0 Å². The summed E-state index contributed by atoms with van der Waals surface area (Å²) in [7, 11) is 0. The zero-order chi connectivity index (χ0) is 9.90. The van der Waals surface area contributed by atoms with E-state index in [2.05, 4.69) is 0 Å². The highest BCUT2D eigenvalue weighted by Crippen LogP contribution is 2.76. The van der Waals surface area contributed by atoms with Crippen molar-refractivity contribution in [3.8, 4) is 0 Å². The molecule has 0 saturated heterocycles. The molecular weight excluding hydrogens is 245 g/mol. The van der Waals surface area contributed by atoms with Crippen LogP contribution in [0.2, 0.25) is 0 Å². The molecule has 0 aromatic heterocycles. The van der Waals surface area contributed by atoms with Crippen molar-refractivity contribution in [2.45, 2.75) is 6.92 Å². The highest BCUT2D eigenvalue weighted by molar-refractivity contribution is 8.34. The third kappa shape index (κ3) is 4.33. The summed E-state index contributed by atoms with van der Waals surface area (Å²) in [5, 5.41) is -2.38.